The van der Waals surface area contributed by atoms with Crippen molar-refractivity contribution in [1.29, 1.82) is 0 Å². The smallest absolute Gasteiger partial charge is 0.325 e. The topological polar surface area (TPSA) is 58.6 Å². The molecule has 1 fully saturated rings. The van der Waals surface area contributed by atoms with E-state index in [1.165, 1.54) is 12.0 Å². The molecule has 1 aliphatic heterocycles. The van der Waals surface area contributed by atoms with Gasteiger partial charge in [-0.05, 0) is 5.56 Å². The number of amides is 3. The molecule has 5 nitrogen and oxygen atoms in total. The Kier molecular flexibility index (Phi) is 2.85. The molecule has 5 heteroatoms. The first-order chi connectivity index (χ1) is 8.13. The minimum Gasteiger partial charge on any atom is -0.381 e. The van der Waals surface area contributed by atoms with Gasteiger partial charge in [-0.3, -0.25) is 10.1 Å². The zero-order valence-corrected chi connectivity index (χ0v) is 9.77. The highest BCUT2D eigenvalue weighted by molar-refractivity contribution is 6.07. The quantitative estimate of drug-likeness (QED) is 0.783. The summed E-state index contributed by atoms with van der Waals surface area (Å²) in [6, 6.07) is 8.74. The van der Waals surface area contributed by atoms with Crippen LogP contribution in [0.25, 0.3) is 0 Å². The summed E-state index contributed by atoms with van der Waals surface area (Å²) in [7, 11) is 3.10. The van der Waals surface area contributed by atoms with Gasteiger partial charge in [0.25, 0.3) is 5.91 Å². The van der Waals surface area contributed by atoms with E-state index in [2.05, 4.69) is 5.32 Å². The summed E-state index contributed by atoms with van der Waals surface area (Å²) in [4.78, 5) is 25.0. The Labute approximate surface area is 99.4 Å². The number of nitrogens with zero attached hydrogens (tertiary/aromatic N) is 1. The monoisotopic (exact) mass is 234 g/mol. The first-order valence-corrected chi connectivity index (χ1v) is 5.26. The lowest BCUT2D eigenvalue weighted by atomic mass is 9.89. The Morgan fingerprint density at radius 1 is 1.29 bits per heavy atom. The third kappa shape index (κ3) is 1.59. The van der Waals surface area contributed by atoms with E-state index in [1.54, 1.807) is 7.05 Å². The Hall–Kier alpha value is -1.88. The zero-order valence-electron chi connectivity index (χ0n) is 9.77. The number of likely N-dealkylation sites (N-methyl/N-ethyl adjacent to an activating group) is 1. The summed E-state index contributed by atoms with van der Waals surface area (Å²) in [6.45, 7) is 0.130. The molecule has 17 heavy (non-hydrogen) atoms. The maximum atomic E-state index is 12.1. The van der Waals surface area contributed by atoms with Crippen molar-refractivity contribution in [3.05, 3.63) is 35.9 Å². The maximum absolute atomic E-state index is 12.1. The van der Waals surface area contributed by atoms with E-state index in [4.69, 9.17) is 4.74 Å². The third-order valence-electron chi connectivity index (χ3n) is 3.08. The number of rotatable bonds is 3. The van der Waals surface area contributed by atoms with Gasteiger partial charge in [-0.2, -0.15) is 0 Å². The van der Waals surface area contributed by atoms with Crippen molar-refractivity contribution >= 4 is 11.9 Å². The van der Waals surface area contributed by atoms with Crippen LogP contribution in [0, 0.1) is 0 Å². The average molecular weight is 234 g/mol. The van der Waals surface area contributed by atoms with Crippen molar-refractivity contribution in [2.75, 3.05) is 20.8 Å². The fourth-order valence-electron chi connectivity index (χ4n) is 2.10. The minimum absolute atomic E-state index is 0.130. The molecule has 1 saturated heterocycles. The van der Waals surface area contributed by atoms with Gasteiger partial charge in [-0.15, -0.1) is 0 Å². The number of hydrogen-bond acceptors (Lipinski definition) is 3. The lowest BCUT2D eigenvalue weighted by molar-refractivity contribution is -0.129. The van der Waals surface area contributed by atoms with Crippen LogP contribution in [0.4, 0.5) is 4.79 Å². The summed E-state index contributed by atoms with van der Waals surface area (Å²) >= 11 is 0. The fraction of sp³-hybridized carbons (Fsp3) is 0.333. The number of methoxy groups -OCH3 is 1. The van der Waals surface area contributed by atoms with Crippen LogP contribution in [-0.4, -0.2) is 37.6 Å². The van der Waals surface area contributed by atoms with Crippen LogP contribution >= 0.6 is 0 Å². The van der Waals surface area contributed by atoms with Crippen molar-refractivity contribution < 1.29 is 14.3 Å². The van der Waals surface area contributed by atoms with Gasteiger partial charge in [0.1, 0.15) is 0 Å². The molecule has 1 heterocycles. The summed E-state index contributed by atoms with van der Waals surface area (Å²) < 4.78 is 5.12. The standard InChI is InChI=1S/C12H14N2O3/c1-14-11(16)13-10(15)12(14,8-17-2)9-6-4-3-5-7-9/h3-7H,8H2,1-2H3,(H,13,15,16)/t12-/m1/s1. The molecule has 0 aliphatic carbocycles. The van der Waals surface area contributed by atoms with Crippen LogP contribution in [0.2, 0.25) is 0 Å². The van der Waals surface area contributed by atoms with E-state index >= 15 is 0 Å². The van der Waals surface area contributed by atoms with Gasteiger partial charge in [0.05, 0.1) is 6.61 Å². The van der Waals surface area contributed by atoms with Gasteiger partial charge in [-0.1, -0.05) is 30.3 Å². The Bertz CT molecular complexity index is 446. The molecule has 1 aromatic rings. The van der Waals surface area contributed by atoms with Gasteiger partial charge in [0, 0.05) is 14.2 Å². The molecular weight excluding hydrogens is 220 g/mol. The lowest BCUT2D eigenvalue weighted by Crippen LogP contribution is -2.48. The highest BCUT2D eigenvalue weighted by atomic mass is 16.5. The third-order valence-corrected chi connectivity index (χ3v) is 3.08. The number of benzene rings is 1. The van der Waals surface area contributed by atoms with E-state index in [0.717, 1.165) is 5.56 Å². The van der Waals surface area contributed by atoms with Crippen LogP contribution in [0.5, 0.6) is 0 Å². The molecule has 0 radical (unpaired) electrons. The first-order valence-electron chi connectivity index (χ1n) is 5.26. The molecule has 90 valence electrons. The second kappa shape index (κ2) is 4.18. The molecule has 3 amide bonds. The number of ether oxygens (including phenoxy) is 1. The molecule has 0 aromatic heterocycles. The Morgan fingerprint density at radius 3 is 2.41 bits per heavy atom. The van der Waals surface area contributed by atoms with Crippen molar-refractivity contribution in [2.45, 2.75) is 5.54 Å². The van der Waals surface area contributed by atoms with Gasteiger partial charge < -0.3 is 9.64 Å². The van der Waals surface area contributed by atoms with Crippen LogP contribution in [0.1, 0.15) is 5.56 Å². The zero-order chi connectivity index (χ0) is 12.5. The normalized spacial score (nSPS) is 24.0. The first kappa shape index (κ1) is 11.6. The molecule has 0 spiro atoms. The fourth-order valence-corrected chi connectivity index (χ4v) is 2.10. The van der Waals surface area contributed by atoms with E-state index < -0.39 is 11.6 Å². The van der Waals surface area contributed by atoms with Crippen molar-refractivity contribution in [3.63, 3.8) is 0 Å². The van der Waals surface area contributed by atoms with Gasteiger partial charge in [0.2, 0.25) is 0 Å². The highest BCUT2D eigenvalue weighted by Gasteiger charge is 2.52. The molecule has 2 rings (SSSR count). The number of carbonyl (C=O) groups is 2. The predicted molar refractivity (Wildman–Crippen MR) is 61.3 cm³/mol. The summed E-state index contributed by atoms with van der Waals surface area (Å²) in [5.74, 6) is -0.349. The second-order valence-corrected chi connectivity index (χ2v) is 3.98. The molecular formula is C12H14N2O3. The van der Waals surface area contributed by atoms with Crippen LogP contribution in [0.3, 0.4) is 0 Å². The number of imide groups is 1. The molecule has 0 bridgehead atoms. The van der Waals surface area contributed by atoms with Crippen molar-refractivity contribution in [3.8, 4) is 0 Å². The van der Waals surface area contributed by atoms with E-state index in [9.17, 15) is 9.59 Å². The Morgan fingerprint density at radius 2 is 1.94 bits per heavy atom. The van der Waals surface area contributed by atoms with E-state index in [0.29, 0.717) is 0 Å². The van der Waals surface area contributed by atoms with E-state index in [1.807, 2.05) is 30.3 Å². The minimum atomic E-state index is -1.06. The predicted octanol–water partition coefficient (Wildman–Crippen LogP) is 0.710. The molecule has 0 saturated carbocycles. The number of carbonyl (C=O) groups excluding carboxylic acids is 2. The van der Waals surface area contributed by atoms with Crippen LogP contribution in [0.15, 0.2) is 30.3 Å². The van der Waals surface area contributed by atoms with Gasteiger partial charge in [0.15, 0.2) is 5.54 Å². The highest BCUT2D eigenvalue weighted by Crippen LogP contribution is 2.32. The van der Waals surface area contributed by atoms with Crippen LogP contribution in [-0.2, 0) is 15.1 Å². The van der Waals surface area contributed by atoms with Crippen molar-refractivity contribution in [1.82, 2.24) is 10.2 Å². The average Bonchev–Trinajstić information content (AvgIpc) is 2.55. The summed E-state index contributed by atoms with van der Waals surface area (Å²) in [5, 5.41) is 2.31. The SMILES string of the molecule is COC[C@@]1(c2ccccc2)C(=O)NC(=O)N1C. The summed E-state index contributed by atoms with van der Waals surface area (Å²) in [6.07, 6.45) is 0. The second-order valence-electron chi connectivity index (χ2n) is 3.98. The molecule has 1 N–H and O–H groups in total. The van der Waals surface area contributed by atoms with Crippen LogP contribution < -0.4 is 5.32 Å². The van der Waals surface area contributed by atoms with E-state index in [-0.39, 0.29) is 12.5 Å². The Balaban J connectivity index is 2.53. The van der Waals surface area contributed by atoms with Gasteiger partial charge in [-0.25, -0.2) is 4.79 Å². The molecule has 1 aromatic carbocycles. The maximum Gasteiger partial charge on any atom is 0.325 e. The molecule has 0 unspecified atom stereocenters. The molecule has 1 atom stereocenters. The molecule has 1 aliphatic rings. The van der Waals surface area contributed by atoms with Crippen molar-refractivity contribution in [2.24, 2.45) is 0 Å². The lowest BCUT2D eigenvalue weighted by Gasteiger charge is -2.32. The number of nitrogens with one attached hydrogen (secondary N) is 1. The van der Waals surface area contributed by atoms with Gasteiger partial charge >= 0.3 is 6.03 Å². The largest absolute Gasteiger partial charge is 0.381 e. The summed E-state index contributed by atoms with van der Waals surface area (Å²) in [5.41, 5.74) is -0.319. The number of urea groups is 1. The number of hydrogen-bond donors (Lipinski definition) is 1.